The fourth-order valence-electron chi connectivity index (χ4n) is 2.98. The lowest BCUT2D eigenvalue weighted by molar-refractivity contribution is 0.0857. The Morgan fingerprint density at radius 1 is 1.18 bits per heavy atom. The number of rotatable bonds is 7. The van der Waals surface area contributed by atoms with Crippen molar-refractivity contribution in [2.45, 2.75) is 25.9 Å². The fourth-order valence-corrected chi connectivity index (χ4v) is 3.34. The van der Waals surface area contributed by atoms with E-state index in [0.29, 0.717) is 35.7 Å². The van der Waals surface area contributed by atoms with E-state index in [4.69, 9.17) is 9.47 Å². The number of halogens is 1. The number of hydrogen-bond donors (Lipinski definition) is 2. The Morgan fingerprint density at radius 3 is 2.64 bits per heavy atom. The first-order valence-corrected chi connectivity index (χ1v) is 10.1. The Kier molecular flexibility index (Phi) is 7.06. The van der Waals surface area contributed by atoms with E-state index in [9.17, 15) is 9.59 Å². The number of hydrogen-bond acceptors (Lipinski definition) is 4. The van der Waals surface area contributed by atoms with Crippen LogP contribution in [0.1, 0.15) is 40.5 Å². The van der Waals surface area contributed by atoms with E-state index in [-0.39, 0.29) is 17.9 Å². The molecule has 6 nitrogen and oxygen atoms in total. The molecular formula is C21H23BrN2O4. The topological polar surface area (TPSA) is 76.7 Å². The van der Waals surface area contributed by atoms with Crippen LogP contribution in [-0.4, -0.2) is 37.7 Å². The molecule has 1 saturated heterocycles. The van der Waals surface area contributed by atoms with Crippen molar-refractivity contribution in [3.8, 4) is 5.75 Å². The monoisotopic (exact) mass is 446 g/mol. The summed E-state index contributed by atoms with van der Waals surface area (Å²) in [6.45, 7) is 3.61. The standard InChI is InChI=1S/C21H23BrN2O4/c1-2-27-19-10-7-15(22)12-18(19)21(26)24-16-8-5-14(6-9-16)20(25)23-13-17-4-3-11-28-17/h5-10,12,17H,2-4,11,13H2,1H3,(H,23,25)(H,24,26). The molecule has 0 radical (unpaired) electrons. The Bertz CT molecular complexity index is 833. The lowest BCUT2D eigenvalue weighted by atomic mass is 10.1. The van der Waals surface area contributed by atoms with Crippen molar-refractivity contribution in [1.29, 1.82) is 0 Å². The SMILES string of the molecule is CCOc1ccc(Br)cc1C(=O)Nc1ccc(C(=O)NCC2CCCO2)cc1. The average Bonchev–Trinajstić information content (AvgIpc) is 3.22. The third kappa shape index (κ3) is 5.33. The van der Waals surface area contributed by atoms with Gasteiger partial charge in [0.1, 0.15) is 5.75 Å². The number of ether oxygens (including phenoxy) is 2. The first-order valence-electron chi connectivity index (χ1n) is 9.30. The molecule has 2 aromatic rings. The van der Waals surface area contributed by atoms with Crippen LogP contribution in [0.15, 0.2) is 46.9 Å². The zero-order valence-corrected chi connectivity index (χ0v) is 17.3. The molecule has 1 atom stereocenters. The van der Waals surface area contributed by atoms with Gasteiger partial charge < -0.3 is 20.1 Å². The van der Waals surface area contributed by atoms with Crippen LogP contribution in [0, 0.1) is 0 Å². The molecule has 0 bridgehead atoms. The van der Waals surface area contributed by atoms with E-state index in [1.165, 1.54) is 0 Å². The summed E-state index contributed by atoms with van der Waals surface area (Å²) in [5.74, 6) is 0.0904. The molecule has 28 heavy (non-hydrogen) atoms. The second-order valence-corrected chi connectivity index (χ2v) is 7.37. The van der Waals surface area contributed by atoms with Gasteiger partial charge in [0.05, 0.1) is 18.3 Å². The molecule has 148 valence electrons. The molecule has 1 unspecified atom stereocenters. The highest BCUT2D eigenvalue weighted by atomic mass is 79.9. The summed E-state index contributed by atoms with van der Waals surface area (Å²) < 4.78 is 11.8. The van der Waals surface area contributed by atoms with Gasteiger partial charge in [-0.3, -0.25) is 9.59 Å². The summed E-state index contributed by atoms with van der Waals surface area (Å²) in [7, 11) is 0. The predicted octanol–water partition coefficient (Wildman–Crippen LogP) is 4.01. The minimum atomic E-state index is -0.277. The van der Waals surface area contributed by atoms with Crippen LogP contribution in [0.3, 0.4) is 0 Å². The van der Waals surface area contributed by atoms with E-state index in [2.05, 4.69) is 26.6 Å². The second kappa shape index (κ2) is 9.71. The van der Waals surface area contributed by atoms with Gasteiger partial charge in [-0.05, 0) is 62.2 Å². The van der Waals surface area contributed by atoms with E-state index in [0.717, 1.165) is 23.9 Å². The minimum Gasteiger partial charge on any atom is -0.493 e. The molecule has 0 saturated carbocycles. The van der Waals surface area contributed by atoms with Crippen molar-refractivity contribution in [2.75, 3.05) is 25.1 Å². The Morgan fingerprint density at radius 2 is 1.96 bits per heavy atom. The molecular weight excluding hydrogens is 424 g/mol. The van der Waals surface area contributed by atoms with Crippen LogP contribution in [0.2, 0.25) is 0 Å². The van der Waals surface area contributed by atoms with E-state index in [1.54, 1.807) is 36.4 Å². The lowest BCUT2D eigenvalue weighted by Gasteiger charge is -2.12. The summed E-state index contributed by atoms with van der Waals surface area (Å²) in [4.78, 5) is 24.9. The van der Waals surface area contributed by atoms with Crippen LogP contribution in [0.4, 0.5) is 5.69 Å². The maximum atomic E-state index is 12.6. The molecule has 2 amide bonds. The third-order valence-corrected chi connectivity index (χ3v) is 4.90. The smallest absolute Gasteiger partial charge is 0.259 e. The summed E-state index contributed by atoms with van der Waals surface area (Å²) in [6, 6.07) is 12.1. The Balaban J connectivity index is 1.61. The van der Waals surface area contributed by atoms with Crippen molar-refractivity contribution >= 4 is 33.4 Å². The molecule has 2 N–H and O–H groups in total. The molecule has 0 spiro atoms. The molecule has 1 aliphatic rings. The van der Waals surface area contributed by atoms with Gasteiger partial charge in [-0.15, -0.1) is 0 Å². The molecule has 1 aliphatic heterocycles. The molecule has 3 rings (SSSR count). The van der Waals surface area contributed by atoms with Gasteiger partial charge in [-0.1, -0.05) is 15.9 Å². The molecule has 2 aromatic carbocycles. The summed E-state index contributed by atoms with van der Waals surface area (Å²) >= 11 is 3.38. The number of carbonyl (C=O) groups is 2. The van der Waals surface area contributed by atoms with Gasteiger partial charge in [-0.2, -0.15) is 0 Å². The highest BCUT2D eigenvalue weighted by molar-refractivity contribution is 9.10. The fraction of sp³-hybridized carbons (Fsp3) is 0.333. The van der Waals surface area contributed by atoms with Crippen LogP contribution >= 0.6 is 15.9 Å². The average molecular weight is 447 g/mol. The number of benzene rings is 2. The van der Waals surface area contributed by atoms with Crippen LogP contribution in [-0.2, 0) is 4.74 Å². The van der Waals surface area contributed by atoms with Crippen molar-refractivity contribution in [2.24, 2.45) is 0 Å². The van der Waals surface area contributed by atoms with E-state index >= 15 is 0 Å². The van der Waals surface area contributed by atoms with Gasteiger partial charge in [0, 0.05) is 28.9 Å². The van der Waals surface area contributed by atoms with Crippen LogP contribution in [0.25, 0.3) is 0 Å². The quantitative estimate of drug-likeness (QED) is 0.673. The number of anilines is 1. The third-order valence-electron chi connectivity index (χ3n) is 4.41. The zero-order valence-electron chi connectivity index (χ0n) is 15.7. The summed E-state index contributed by atoms with van der Waals surface area (Å²) in [5, 5.41) is 5.72. The largest absolute Gasteiger partial charge is 0.493 e. The summed E-state index contributed by atoms with van der Waals surface area (Å²) in [6.07, 6.45) is 2.12. The maximum absolute atomic E-state index is 12.6. The van der Waals surface area contributed by atoms with Crippen molar-refractivity contribution in [3.05, 3.63) is 58.1 Å². The zero-order chi connectivity index (χ0) is 19.9. The molecule has 0 aliphatic carbocycles. The summed E-state index contributed by atoms with van der Waals surface area (Å²) in [5.41, 5.74) is 1.58. The predicted molar refractivity (Wildman–Crippen MR) is 111 cm³/mol. The number of amides is 2. The van der Waals surface area contributed by atoms with Crippen LogP contribution in [0.5, 0.6) is 5.75 Å². The first-order chi connectivity index (χ1) is 13.6. The second-order valence-electron chi connectivity index (χ2n) is 6.45. The van der Waals surface area contributed by atoms with Gasteiger partial charge in [0.15, 0.2) is 0 Å². The Labute approximate surface area is 172 Å². The van der Waals surface area contributed by atoms with E-state index < -0.39 is 0 Å². The maximum Gasteiger partial charge on any atom is 0.259 e. The van der Waals surface area contributed by atoms with Gasteiger partial charge in [0.25, 0.3) is 11.8 Å². The molecule has 7 heteroatoms. The van der Waals surface area contributed by atoms with Crippen molar-refractivity contribution in [1.82, 2.24) is 5.32 Å². The highest BCUT2D eigenvalue weighted by Crippen LogP contribution is 2.24. The first kappa shape index (κ1) is 20.4. The van der Waals surface area contributed by atoms with Gasteiger partial charge in [0.2, 0.25) is 0 Å². The normalized spacial score (nSPS) is 15.9. The number of carbonyl (C=O) groups excluding carboxylic acids is 2. The van der Waals surface area contributed by atoms with Crippen molar-refractivity contribution < 1.29 is 19.1 Å². The van der Waals surface area contributed by atoms with Crippen LogP contribution < -0.4 is 15.4 Å². The van der Waals surface area contributed by atoms with Gasteiger partial charge in [-0.25, -0.2) is 0 Å². The minimum absolute atomic E-state index is 0.104. The van der Waals surface area contributed by atoms with Crippen molar-refractivity contribution in [3.63, 3.8) is 0 Å². The lowest BCUT2D eigenvalue weighted by Crippen LogP contribution is -2.31. The number of nitrogens with one attached hydrogen (secondary N) is 2. The van der Waals surface area contributed by atoms with E-state index in [1.807, 2.05) is 13.0 Å². The molecule has 1 heterocycles. The highest BCUT2D eigenvalue weighted by Gasteiger charge is 2.17. The molecule has 0 aromatic heterocycles. The van der Waals surface area contributed by atoms with Gasteiger partial charge >= 0.3 is 0 Å². The molecule has 1 fully saturated rings. The Hall–Kier alpha value is -2.38.